The molecule has 3 aromatic rings. The predicted molar refractivity (Wildman–Crippen MR) is 130 cm³/mol. The molecule has 1 aliphatic heterocycles. The summed E-state index contributed by atoms with van der Waals surface area (Å²) in [7, 11) is -2.21. The molecule has 0 atom stereocenters. The summed E-state index contributed by atoms with van der Waals surface area (Å²) in [6.07, 6.45) is -2.81. The van der Waals surface area contributed by atoms with Crippen LogP contribution in [0.1, 0.15) is 16.7 Å². The summed E-state index contributed by atoms with van der Waals surface area (Å²) in [5, 5.41) is 8.23. The average Bonchev–Trinajstić information content (AvgIpc) is 3.15. The van der Waals surface area contributed by atoms with Crippen LogP contribution in [-0.2, 0) is 34.0 Å². The van der Waals surface area contributed by atoms with E-state index in [-0.39, 0.29) is 30.3 Å². The predicted octanol–water partition coefficient (Wildman–Crippen LogP) is 2.92. The van der Waals surface area contributed by atoms with Gasteiger partial charge in [0.15, 0.2) is 0 Å². The van der Waals surface area contributed by atoms with Crippen molar-refractivity contribution in [1.29, 1.82) is 0 Å². The molecule has 0 spiro atoms. The minimum Gasteiger partial charge on any atom is -0.412 e. The summed E-state index contributed by atoms with van der Waals surface area (Å²) in [6.45, 7) is -0.123. The quantitative estimate of drug-likeness (QED) is 0.430. The van der Waals surface area contributed by atoms with Crippen LogP contribution >= 0.6 is 0 Å². The molecule has 14 heteroatoms. The third-order valence-electron chi connectivity index (χ3n) is 5.36. The number of amides is 1. The molecule has 36 heavy (non-hydrogen) atoms. The van der Waals surface area contributed by atoms with E-state index in [1.54, 1.807) is 42.5 Å². The molecule has 2 heterocycles. The number of benzene rings is 2. The second-order valence-electron chi connectivity index (χ2n) is 7.89. The molecule has 0 bridgehead atoms. The lowest BCUT2D eigenvalue weighted by Gasteiger charge is -2.21. The minimum absolute atomic E-state index is 0. The number of sulfonamides is 1. The van der Waals surface area contributed by atoms with Crippen molar-refractivity contribution in [2.24, 2.45) is 0 Å². The van der Waals surface area contributed by atoms with Crippen LogP contribution in [0.5, 0.6) is 0 Å². The van der Waals surface area contributed by atoms with Gasteiger partial charge in [0.05, 0.1) is 18.4 Å². The third kappa shape index (κ3) is 5.83. The van der Waals surface area contributed by atoms with Gasteiger partial charge in [0.2, 0.25) is 21.9 Å². The summed E-state index contributed by atoms with van der Waals surface area (Å²) in [6, 6.07) is 11.5. The van der Waals surface area contributed by atoms with Crippen molar-refractivity contribution in [1.82, 2.24) is 9.97 Å². The lowest BCUT2D eigenvalue weighted by molar-refractivity contribution is -0.137. The topological polar surface area (TPSA) is 148 Å². The number of hydrogen-bond donors (Lipinski definition) is 3. The van der Waals surface area contributed by atoms with Crippen LogP contribution in [0.2, 0.25) is 0 Å². The second kappa shape index (κ2) is 9.99. The Morgan fingerprint density at radius 2 is 1.89 bits per heavy atom. The maximum absolute atomic E-state index is 13.6. The van der Waals surface area contributed by atoms with Gasteiger partial charge in [-0.25, -0.2) is 13.4 Å². The number of hydrogen-bond acceptors (Lipinski definition) is 7. The van der Waals surface area contributed by atoms with E-state index in [0.717, 1.165) is 16.1 Å². The Bertz CT molecular complexity index is 1400. The van der Waals surface area contributed by atoms with Crippen molar-refractivity contribution >= 4 is 44.8 Å². The number of carbonyl (C=O) groups excluding carboxylic acids is 1. The van der Waals surface area contributed by atoms with Crippen LogP contribution in [0.15, 0.2) is 48.7 Å². The Kier molecular flexibility index (Phi) is 7.40. The van der Waals surface area contributed by atoms with E-state index in [2.05, 4.69) is 25.9 Å². The molecule has 1 aromatic heterocycles. The average molecular weight is 525 g/mol. The molecule has 1 amide bonds. The van der Waals surface area contributed by atoms with E-state index in [1.165, 1.54) is 7.05 Å². The molecule has 1 aliphatic rings. The first-order valence-electron chi connectivity index (χ1n) is 10.3. The highest BCUT2D eigenvalue weighted by Crippen LogP contribution is 2.35. The van der Waals surface area contributed by atoms with Crippen LogP contribution in [0, 0.1) is 0 Å². The molecule has 0 fully saturated rings. The molecule has 0 saturated carbocycles. The van der Waals surface area contributed by atoms with E-state index in [0.29, 0.717) is 28.8 Å². The standard InChI is InChI=1S/C22H21F3N6O3S.H2O/c1-31(35(2,33)34)18-6-4-3-5-13(18)11-26-20-16(22(23,24)25)12-27-21(30-20)28-15-7-8-17-14(9-15)10-19(32)29-17;/h3-9,12H,10-11H2,1-2H3,(H,29,32)(H2,26,27,28,30);1H2. The highest BCUT2D eigenvalue weighted by molar-refractivity contribution is 7.92. The minimum atomic E-state index is -4.72. The van der Waals surface area contributed by atoms with Crippen molar-refractivity contribution in [3.8, 4) is 0 Å². The van der Waals surface area contributed by atoms with Gasteiger partial charge in [0, 0.05) is 31.2 Å². The highest BCUT2D eigenvalue weighted by Gasteiger charge is 2.35. The first-order valence-corrected chi connectivity index (χ1v) is 12.2. The van der Waals surface area contributed by atoms with Gasteiger partial charge in [-0.15, -0.1) is 0 Å². The van der Waals surface area contributed by atoms with Crippen LogP contribution in [0.3, 0.4) is 0 Å². The van der Waals surface area contributed by atoms with Crippen LogP contribution in [0.25, 0.3) is 0 Å². The van der Waals surface area contributed by atoms with Gasteiger partial charge < -0.3 is 21.4 Å². The van der Waals surface area contributed by atoms with E-state index in [9.17, 15) is 26.4 Å². The molecule has 10 nitrogen and oxygen atoms in total. The zero-order chi connectivity index (χ0) is 25.4. The van der Waals surface area contributed by atoms with Gasteiger partial charge in [-0.1, -0.05) is 18.2 Å². The fraction of sp³-hybridized carbons (Fsp3) is 0.227. The number of rotatable bonds is 7. The van der Waals surface area contributed by atoms with E-state index in [1.807, 2.05) is 0 Å². The maximum atomic E-state index is 13.6. The molecular formula is C22H23F3N6O4S. The van der Waals surface area contributed by atoms with Crippen molar-refractivity contribution in [3.63, 3.8) is 0 Å². The molecule has 0 radical (unpaired) electrons. The van der Waals surface area contributed by atoms with Crippen molar-refractivity contribution < 1.29 is 31.9 Å². The Balaban J connectivity index is 0.00000361. The number of para-hydroxylation sites is 1. The maximum Gasteiger partial charge on any atom is 0.421 e. The van der Waals surface area contributed by atoms with E-state index >= 15 is 0 Å². The van der Waals surface area contributed by atoms with Gasteiger partial charge in [-0.05, 0) is 35.4 Å². The number of carbonyl (C=O) groups is 1. The summed E-state index contributed by atoms with van der Waals surface area (Å²) in [5.74, 6) is -0.694. The Morgan fingerprint density at radius 1 is 1.17 bits per heavy atom. The summed E-state index contributed by atoms with van der Waals surface area (Å²) < 4.78 is 65.8. The number of aromatic nitrogens is 2. The van der Waals surface area contributed by atoms with E-state index < -0.39 is 27.6 Å². The third-order valence-corrected chi connectivity index (χ3v) is 6.55. The largest absolute Gasteiger partial charge is 0.421 e. The van der Waals surface area contributed by atoms with Crippen LogP contribution < -0.4 is 20.3 Å². The number of halogens is 3. The number of anilines is 5. The molecule has 0 saturated heterocycles. The fourth-order valence-corrected chi connectivity index (χ4v) is 4.08. The van der Waals surface area contributed by atoms with Crippen LogP contribution in [-0.4, -0.2) is 43.1 Å². The summed E-state index contributed by atoms with van der Waals surface area (Å²) in [5.41, 5.74) is 1.64. The van der Waals surface area contributed by atoms with Gasteiger partial charge in [0.25, 0.3) is 0 Å². The Hall–Kier alpha value is -3.91. The number of nitrogens with zero attached hydrogens (tertiary/aromatic N) is 3. The van der Waals surface area contributed by atoms with Crippen molar-refractivity contribution in [2.45, 2.75) is 19.1 Å². The van der Waals surface area contributed by atoms with Gasteiger partial charge >= 0.3 is 6.18 Å². The zero-order valence-corrected chi connectivity index (χ0v) is 20.0. The molecule has 192 valence electrons. The molecule has 5 N–H and O–H groups in total. The van der Waals surface area contributed by atoms with Gasteiger partial charge in [-0.3, -0.25) is 9.10 Å². The van der Waals surface area contributed by atoms with Gasteiger partial charge in [-0.2, -0.15) is 18.2 Å². The molecule has 2 aromatic carbocycles. The van der Waals surface area contributed by atoms with Gasteiger partial charge in [0.1, 0.15) is 11.4 Å². The van der Waals surface area contributed by atoms with Crippen molar-refractivity contribution in [2.75, 3.05) is 33.6 Å². The highest BCUT2D eigenvalue weighted by atomic mass is 32.2. The first-order chi connectivity index (χ1) is 16.4. The molecule has 0 aliphatic carbocycles. The fourth-order valence-electron chi connectivity index (χ4n) is 3.55. The number of fused-ring (bicyclic) bond motifs is 1. The monoisotopic (exact) mass is 524 g/mol. The summed E-state index contributed by atoms with van der Waals surface area (Å²) >= 11 is 0. The molecule has 0 unspecified atom stereocenters. The Labute approximate surface area is 204 Å². The smallest absolute Gasteiger partial charge is 0.412 e. The second-order valence-corrected chi connectivity index (χ2v) is 9.90. The SMILES string of the molecule is CN(c1ccccc1CNc1nc(Nc2ccc3c(c2)CC(=O)N3)ncc1C(F)(F)F)S(C)(=O)=O.O. The lowest BCUT2D eigenvalue weighted by atomic mass is 10.1. The first kappa shape index (κ1) is 26.7. The normalized spacial score (nSPS) is 12.9. The number of alkyl halides is 3. The summed E-state index contributed by atoms with van der Waals surface area (Å²) in [4.78, 5) is 19.4. The molecule has 4 rings (SSSR count). The van der Waals surface area contributed by atoms with Crippen LogP contribution in [0.4, 0.5) is 42.0 Å². The zero-order valence-electron chi connectivity index (χ0n) is 19.1. The van der Waals surface area contributed by atoms with Crippen molar-refractivity contribution in [3.05, 3.63) is 65.4 Å². The van der Waals surface area contributed by atoms with E-state index in [4.69, 9.17) is 0 Å². The molecular weight excluding hydrogens is 501 g/mol. The lowest BCUT2D eigenvalue weighted by Crippen LogP contribution is -2.26. The Morgan fingerprint density at radius 3 is 2.58 bits per heavy atom. The number of nitrogens with one attached hydrogen (secondary N) is 3.